The number of benzene rings is 1. The zero-order valence-electron chi connectivity index (χ0n) is 7.80. The lowest BCUT2D eigenvalue weighted by atomic mass is 10.2. The van der Waals surface area contributed by atoms with Crippen LogP contribution in [0.15, 0.2) is 18.2 Å². The number of carbonyl (C=O) groups excluding carboxylic acids is 1. The molecule has 1 amide bonds. The van der Waals surface area contributed by atoms with Crippen LogP contribution in [-0.2, 0) is 4.79 Å². The van der Waals surface area contributed by atoms with Gasteiger partial charge < -0.3 is 5.32 Å². The molecule has 0 fully saturated rings. The van der Waals surface area contributed by atoms with Gasteiger partial charge in [0.2, 0.25) is 0 Å². The van der Waals surface area contributed by atoms with Gasteiger partial charge in [0.1, 0.15) is 0 Å². The Balaban J connectivity index is 2.60. The number of hydrogen-bond donors (Lipinski definition) is 3. The van der Waals surface area contributed by atoms with E-state index in [-0.39, 0.29) is 12.5 Å². The molecular weight excluding hydrogens is 202 g/mol. The largest absolute Gasteiger partial charge is 0.376 e. The number of carbonyl (C=O) groups is 1. The van der Waals surface area contributed by atoms with Gasteiger partial charge in [0, 0.05) is 10.7 Å². The number of aryl methyl sites for hydroxylation is 1. The number of hydrazine groups is 1. The summed E-state index contributed by atoms with van der Waals surface area (Å²) in [5, 5.41) is 3.56. The van der Waals surface area contributed by atoms with Crippen molar-refractivity contribution in [3.63, 3.8) is 0 Å². The van der Waals surface area contributed by atoms with Crippen LogP contribution in [0.5, 0.6) is 0 Å². The monoisotopic (exact) mass is 213 g/mol. The van der Waals surface area contributed by atoms with Crippen molar-refractivity contribution in [3.8, 4) is 0 Å². The molecule has 14 heavy (non-hydrogen) atoms. The van der Waals surface area contributed by atoms with Gasteiger partial charge in [-0.1, -0.05) is 17.7 Å². The third-order valence-electron chi connectivity index (χ3n) is 1.79. The highest BCUT2D eigenvalue weighted by molar-refractivity contribution is 6.31. The molecule has 1 rings (SSSR count). The summed E-state index contributed by atoms with van der Waals surface area (Å²) >= 11 is 5.90. The first kappa shape index (κ1) is 10.8. The third kappa shape index (κ3) is 2.90. The van der Waals surface area contributed by atoms with Crippen molar-refractivity contribution >= 4 is 23.2 Å². The summed E-state index contributed by atoms with van der Waals surface area (Å²) in [6.45, 7) is 2.05. The van der Waals surface area contributed by atoms with E-state index in [4.69, 9.17) is 17.4 Å². The van der Waals surface area contributed by atoms with Crippen LogP contribution in [0.3, 0.4) is 0 Å². The molecule has 0 spiro atoms. The molecule has 0 saturated carbocycles. The minimum Gasteiger partial charge on any atom is -0.376 e. The van der Waals surface area contributed by atoms with Gasteiger partial charge >= 0.3 is 0 Å². The molecule has 0 heterocycles. The zero-order valence-corrected chi connectivity index (χ0v) is 8.56. The predicted molar refractivity (Wildman–Crippen MR) is 57.0 cm³/mol. The molecule has 1 aromatic rings. The van der Waals surface area contributed by atoms with Gasteiger partial charge in [-0.2, -0.15) is 0 Å². The predicted octanol–water partition coefficient (Wildman–Crippen LogP) is 1.05. The molecule has 0 aliphatic heterocycles. The van der Waals surface area contributed by atoms with Gasteiger partial charge in [-0.15, -0.1) is 0 Å². The van der Waals surface area contributed by atoms with E-state index in [1.165, 1.54) is 0 Å². The van der Waals surface area contributed by atoms with Gasteiger partial charge in [-0.3, -0.25) is 10.2 Å². The average Bonchev–Trinajstić information content (AvgIpc) is 2.19. The summed E-state index contributed by atoms with van der Waals surface area (Å²) in [6.07, 6.45) is 0. The highest BCUT2D eigenvalue weighted by Gasteiger charge is 2.00. The SMILES string of the molecule is Cc1ccc(NCC(=O)NN)cc1Cl. The molecule has 0 aliphatic carbocycles. The lowest BCUT2D eigenvalue weighted by Crippen LogP contribution is -2.35. The van der Waals surface area contributed by atoms with Crippen LogP contribution in [0.4, 0.5) is 5.69 Å². The normalized spacial score (nSPS) is 9.64. The highest BCUT2D eigenvalue weighted by atomic mass is 35.5. The Hall–Kier alpha value is -1.26. The Morgan fingerprint density at radius 2 is 2.29 bits per heavy atom. The Labute approximate surface area is 87.4 Å². The number of nitrogens with two attached hydrogens (primary N) is 1. The number of nitrogens with one attached hydrogen (secondary N) is 2. The lowest BCUT2D eigenvalue weighted by Gasteiger charge is -2.06. The molecule has 76 valence electrons. The van der Waals surface area contributed by atoms with Crippen molar-refractivity contribution in [2.75, 3.05) is 11.9 Å². The maximum absolute atomic E-state index is 10.8. The Bertz CT molecular complexity index is 341. The second kappa shape index (κ2) is 4.83. The second-order valence-corrected chi connectivity index (χ2v) is 3.29. The summed E-state index contributed by atoms with van der Waals surface area (Å²) in [5.41, 5.74) is 3.82. The number of hydrogen-bond acceptors (Lipinski definition) is 3. The van der Waals surface area contributed by atoms with Crippen molar-refractivity contribution in [2.24, 2.45) is 5.84 Å². The van der Waals surface area contributed by atoms with Gasteiger partial charge in [0.05, 0.1) is 6.54 Å². The maximum atomic E-state index is 10.8. The van der Waals surface area contributed by atoms with Crippen molar-refractivity contribution < 1.29 is 4.79 Å². The van der Waals surface area contributed by atoms with Crippen LogP contribution in [0.25, 0.3) is 0 Å². The van der Waals surface area contributed by atoms with Gasteiger partial charge in [0.25, 0.3) is 5.91 Å². The fourth-order valence-corrected chi connectivity index (χ4v) is 1.12. The van der Waals surface area contributed by atoms with E-state index in [0.717, 1.165) is 11.3 Å². The molecule has 0 aromatic heterocycles. The first-order valence-electron chi connectivity index (χ1n) is 4.13. The Morgan fingerprint density at radius 1 is 1.57 bits per heavy atom. The van der Waals surface area contributed by atoms with Crippen molar-refractivity contribution in [1.82, 2.24) is 5.43 Å². The van der Waals surface area contributed by atoms with Crippen molar-refractivity contribution in [2.45, 2.75) is 6.92 Å². The standard InChI is InChI=1S/C9H12ClN3O/c1-6-2-3-7(4-8(6)10)12-5-9(14)13-11/h2-4,12H,5,11H2,1H3,(H,13,14). The Morgan fingerprint density at radius 3 is 2.86 bits per heavy atom. The smallest absolute Gasteiger partial charge is 0.253 e. The molecule has 0 radical (unpaired) electrons. The van der Waals surface area contributed by atoms with Gasteiger partial charge in [0.15, 0.2) is 0 Å². The second-order valence-electron chi connectivity index (χ2n) is 2.89. The van der Waals surface area contributed by atoms with Crippen LogP contribution in [0.2, 0.25) is 5.02 Å². The molecule has 0 bridgehead atoms. The first-order valence-corrected chi connectivity index (χ1v) is 4.50. The highest BCUT2D eigenvalue weighted by Crippen LogP contribution is 2.19. The fourth-order valence-electron chi connectivity index (χ4n) is 0.936. The number of anilines is 1. The van der Waals surface area contributed by atoms with Crippen LogP contribution in [-0.4, -0.2) is 12.5 Å². The number of halogens is 1. The topological polar surface area (TPSA) is 67.2 Å². The zero-order chi connectivity index (χ0) is 10.6. The van der Waals surface area contributed by atoms with Gasteiger partial charge in [-0.05, 0) is 24.6 Å². The first-order chi connectivity index (χ1) is 6.63. The molecule has 5 heteroatoms. The molecule has 4 nitrogen and oxygen atoms in total. The molecular formula is C9H12ClN3O. The van der Waals surface area contributed by atoms with E-state index in [2.05, 4.69) is 5.32 Å². The van der Waals surface area contributed by atoms with E-state index in [1.807, 2.05) is 24.5 Å². The average molecular weight is 214 g/mol. The summed E-state index contributed by atoms with van der Waals surface area (Å²) in [6, 6.07) is 5.50. The maximum Gasteiger partial charge on any atom is 0.253 e. The minimum absolute atomic E-state index is 0.135. The number of amides is 1. The lowest BCUT2D eigenvalue weighted by molar-refractivity contribution is -0.119. The van der Waals surface area contributed by atoms with E-state index in [1.54, 1.807) is 6.07 Å². The van der Waals surface area contributed by atoms with Gasteiger partial charge in [-0.25, -0.2) is 5.84 Å². The number of rotatable bonds is 3. The molecule has 0 aliphatic rings. The van der Waals surface area contributed by atoms with Crippen molar-refractivity contribution in [1.29, 1.82) is 0 Å². The van der Waals surface area contributed by atoms with Crippen LogP contribution in [0, 0.1) is 6.92 Å². The summed E-state index contributed by atoms with van der Waals surface area (Å²) in [4.78, 5) is 10.8. The quantitative estimate of drug-likeness (QED) is 0.400. The van der Waals surface area contributed by atoms with E-state index < -0.39 is 0 Å². The van der Waals surface area contributed by atoms with E-state index in [0.29, 0.717) is 5.02 Å². The minimum atomic E-state index is -0.276. The van der Waals surface area contributed by atoms with E-state index >= 15 is 0 Å². The molecule has 0 atom stereocenters. The summed E-state index contributed by atoms with van der Waals surface area (Å²) < 4.78 is 0. The van der Waals surface area contributed by atoms with E-state index in [9.17, 15) is 4.79 Å². The van der Waals surface area contributed by atoms with Crippen LogP contribution < -0.4 is 16.6 Å². The Kier molecular flexibility index (Phi) is 3.73. The fraction of sp³-hybridized carbons (Fsp3) is 0.222. The van der Waals surface area contributed by atoms with Crippen LogP contribution in [0.1, 0.15) is 5.56 Å². The van der Waals surface area contributed by atoms with Crippen molar-refractivity contribution in [3.05, 3.63) is 28.8 Å². The van der Waals surface area contributed by atoms with Crippen LogP contribution >= 0.6 is 11.6 Å². The molecule has 1 aromatic carbocycles. The summed E-state index contributed by atoms with van der Waals surface area (Å²) in [7, 11) is 0. The molecule has 4 N–H and O–H groups in total. The third-order valence-corrected chi connectivity index (χ3v) is 2.19. The molecule has 0 unspecified atom stereocenters. The molecule has 0 saturated heterocycles. The summed E-state index contributed by atoms with van der Waals surface area (Å²) in [5.74, 6) is 4.65.